The van der Waals surface area contributed by atoms with Crippen LogP contribution in [0.2, 0.25) is 5.02 Å². The predicted octanol–water partition coefficient (Wildman–Crippen LogP) is 4.00. The van der Waals surface area contributed by atoms with E-state index in [1.165, 1.54) is 23.8 Å². The molecule has 1 atom stereocenters. The number of aryl methyl sites for hydroxylation is 2. The van der Waals surface area contributed by atoms with E-state index in [2.05, 4.69) is 14.8 Å². The molecule has 0 aliphatic carbocycles. The molecule has 33 heavy (non-hydrogen) atoms. The van der Waals surface area contributed by atoms with Gasteiger partial charge in [-0.2, -0.15) is 0 Å². The minimum absolute atomic E-state index is 0.0173. The molecule has 5 rings (SSSR count). The number of benzene rings is 2. The second-order valence-corrected chi connectivity index (χ2v) is 10.4. The summed E-state index contributed by atoms with van der Waals surface area (Å²) in [6.45, 7) is 3.10. The van der Waals surface area contributed by atoms with E-state index < -0.39 is 10.0 Å². The number of halogens is 1. The quantitative estimate of drug-likeness (QED) is 0.585. The Bertz CT molecular complexity index is 1310. The van der Waals surface area contributed by atoms with E-state index in [0.29, 0.717) is 29.4 Å². The van der Waals surface area contributed by atoms with Crippen LogP contribution in [-0.4, -0.2) is 38.6 Å². The highest BCUT2D eigenvalue weighted by molar-refractivity contribution is 7.92. The Morgan fingerprint density at radius 3 is 2.64 bits per heavy atom. The fraction of sp³-hybridized carbons (Fsp3) is 0.304. The SMILES string of the molecule is Cc1cc(NS(=O)(=O)c2ccc(N3CC[C@H](N4CCCc5cc(Cl)ccc54)C3=O)cc2)on1. The van der Waals surface area contributed by atoms with E-state index in [0.717, 1.165) is 25.1 Å². The summed E-state index contributed by atoms with van der Waals surface area (Å²) in [6, 6.07) is 13.4. The molecule has 1 amide bonds. The van der Waals surface area contributed by atoms with Gasteiger partial charge in [-0.3, -0.25) is 4.79 Å². The summed E-state index contributed by atoms with van der Waals surface area (Å²) in [5.74, 6) is 0.0703. The van der Waals surface area contributed by atoms with E-state index >= 15 is 0 Å². The maximum absolute atomic E-state index is 13.3. The molecule has 2 aromatic carbocycles. The van der Waals surface area contributed by atoms with Crippen LogP contribution < -0.4 is 14.5 Å². The molecule has 0 radical (unpaired) electrons. The van der Waals surface area contributed by atoms with Crippen LogP contribution in [0.25, 0.3) is 0 Å². The number of aromatic nitrogens is 1. The van der Waals surface area contributed by atoms with Gasteiger partial charge in [0.05, 0.1) is 10.6 Å². The third kappa shape index (κ3) is 4.18. The number of rotatable bonds is 5. The Labute approximate surface area is 197 Å². The molecule has 2 aliphatic heterocycles. The van der Waals surface area contributed by atoms with Gasteiger partial charge < -0.3 is 14.3 Å². The lowest BCUT2D eigenvalue weighted by molar-refractivity contribution is -0.118. The predicted molar refractivity (Wildman–Crippen MR) is 126 cm³/mol. The van der Waals surface area contributed by atoms with Gasteiger partial charge in [0.25, 0.3) is 10.0 Å². The molecule has 172 valence electrons. The summed E-state index contributed by atoms with van der Waals surface area (Å²) in [5, 5.41) is 4.38. The third-order valence-corrected chi connectivity index (χ3v) is 7.67. The van der Waals surface area contributed by atoms with Crippen LogP contribution in [0, 0.1) is 6.92 Å². The molecule has 1 saturated heterocycles. The number of hydrogen-bond donors (Lipinski definition) is 1. The van der Waals surface area contributed by atoms with Crippen molar-refractivity contribution in [3.8, 4) is 0 Å². The molecule has 1 aromatic heterocycles. The first kappa shape index (κ1) is 21.8. The topological polar surface area (TPSA) is 95.8 Å². The Hall–Kier alpha value is -3.04. The minimum atomic E-state index is -3.82. The highest BCUT2D eigenvalue weighted by atomic mass is 35.5. The van der Waals surface area contributed by atoms with Gasteiger partial charge in [-0.15, -0.1) is 0 Å². The molecular formula is C23H23ClN4O4S. The van der Waals surface area contributed by atoms with Crippen molar-refractivity contribution in [2.45, 2.75) is 37.1 Å². The normalized spacial score (nSPS) is 18.5. The van der Waals surface area contributed by atoms with Gasteiger partial charge in [0, 0.05) is 35.6 Å². The first-order valence-corrected chi connectivity index (χ1v) is 12.6. The maximum Gasteiger partial charge on any atom is 0.264 e. The van der Waals surface area contributed by atoms with E-state index in [4.69, 9.17) is 16.1 Å². The van der Waals surface area contributed by atoms with E-state index in [-0.39, 0.29) is 22.7 Å². The summed E-state index contributed by atoms with van der Waals surface area (Å²) in [6.07, 6.45) is 2.63. The van der Waals surface area contributed by atoms with Gasteiger partial charge in [-0.05, 0) is 74.2 Å². The number of carbonyl (C=O) groups excluding carboxylic acids is 1. The number of anilines is 3. The lowest BCUT2D eigenvalue weighted by Gasteiger charge is -2.35. The van der Waals surface area contributed by atoms with Crippen molar-refractivity contribution in [1.82, 2.24) is 5.16 Å². The molecule has 1 fully saturated rings. The standard InChI is InChI=1S/C23H23ClN4O4S/c1-15-13-22(32-25-15)26-33(30,31)19-7-5-18(6-8-19)27-12-10-21(23(27)29)28-11-2-3-16-14-17(24)4-9-20(16)28/h4-9,13-14,21,26H,2-3,10-12H2,1H3/t21-/m0/s1. The molecule has 10 heteroatoms. The molecule has 2 aliphatic rings. The number of carbonyl (C=O) groups is 1. The number of nitrogens with one attached hydrogen (secondary N) is 1. The molecule has 0 spiro atoms. The maximum atomic E-state index is 13.3. The summed E-state index contributed by atoms with van der Waals surface area (Å²) in [5.41, 5.74) is 3.49. The molecule has 3 aromatic rings. The van der Waals surface area contributed by atoms with Gasteiger partial charge >= 0.3 is 0 Å². The van der Waals surface area contributed by atoms with Gasteiger partial charge in [0.15, 0.2) is 0 Å². The summed E-state index contributed by atoms with van der Waals surface area (Å²) < 4.78 is 32.5. The van der Waals surface area contributed by atoms with Crippen LogP contribution in [0.15, 0.2) is 57.9 Å². The fourth-order valence-electron chi connectivity index (χ4n) is 4.54. The number of nitrogens with zero attached hydrogens (tertiary/aromatic N) is 3. The van der Waals surface area contributed by atoms with Crippen LogP contribution in [0.1, 0.15) is 24.1 Å². The Morgan fingerprint density at radius 1 is 1.12 bits per heavy atom. The molecule has 8 nitrogen and oxygen atoms in total. The number of hydrogen-bond acceptors (Lipinski definition) is 6. The molecule has 0 unspecified atom stereocenters. The first-order valence-electron chi connectivity index (χ1n) is 10.7. The van der Waals surface area contributed by atoms with Crippen LogP contribution in [-0.2, 0) is 21.2 Å². The average molecular weight is 487 g/mol. The van der Waals surface area contributed by atoms with Gasteiger partial charge in [0.2, 0.25) is 11.8 Å². The van der Waals surface area contributed by atoms with E-state index in [1.54, 1.807) is 24.0 Å². The van der Waals surface area contributed by atoms with Crippen molar-refractivity contribution in [1.29, 1.82) is 0 Å². The molecule has 0 saturated carbocycles. The second-order valence-electron chi connectivity index (χ2n) is 8.30. The molecule has 0 bridgehead atoms. The van der Waals surface area contributed by atoms with Crippen molar-refractivity contribution in [2.24, 2.45) is 0 Å². The lowest BCUT2D eigenvalue weighted by atomic mass is 9.99. The van der Waals surface area contributed by atoms with Crippen LogP contribution in [0.4, 0.5) is 17.3 Å². The lowest BCUT2D eigenvalue weighted by Crippen LogP contribution is -2.44. The highest BCUT2D eigenvalue weighted by Gasteiger charge is 2.38. The van der Waals surface area contributed by atoms with Crippen molar-refractivity contribution in [3.05, 3.63) is 64.8 Å². The number of fused-ring (bicyclic) bond motifs is 1. The van der Waals surface area contributed by atoms with Crippen LogP contribution >= 0.6 is 11.6 Å². The smallest absolute Gasteiger partial charge is 0.264 e. The van der Waals surface area contributed by atoms with Crippen LogP contribution in [0.5, 0.6) is 0 Å². The Balaban J connectivity index is 1.33. The molecular weight excluding hydrogens is 464 g/mol. The third-order valence-electron chi connectivity index (χ3n) is 6.07. The molecule has 3 heterocycles. The van der Waals surface area contributed by atoms with Gasteiger partial charge in [-0.25, -0.2) is 13.1 Å². The van der Waals surface area contributed by atoms with E-state index in [1.807, 2.05) is 18.2 Å². The Morgan fingerprint density at radius 2 is 1.91 bits per heavy atom. The number of amides is 1. The average Bonchev–Trinajstić information content (AvgIpc) is 3.37. The second kappa shape index (κ2) is 8.39. The van der Waals surface area contributed by atoms with Crippen LogP contribution in [0.3, 0.4) is 0 Å². The summed E-state index contributed by atoms with van der Waals surface area (Å²) in [4.78, 5) is 17.3. The zero-order chi connectivity index (χ0) is 23.2. The van der Waals surface area contributed by atoms with Gasteiger partial charge in [0.1, 0.15) is 6.04 Å². The van der Waals surface area contributed by atoms with Crippen molar-refractivity contribution < 1.29 is 17.7 Å². The summed E-state index contributed by atoms with van der Waals surface area (Å²) in [7, 11) is -3.82. The largest absolute Gasteiger partial charge is 0.359 e. The van der Waals surface area contributed by atoms with Gasteiger partial charge in [-0.1, -0.05) is 16.8 Å². The van der Waals surface area contributed by atoms with Crippen molar-refractivity contribution in [3.63, 3.8) is 0 Å². The first-order chi connectivity index (χ1) is 15.8. The monoisotopic (exact) mass is 486 g/mol. The number of sulfonamides is 1. The van der Waals surface area contributed by atoms with E-state index in [9.17, 15) is 13.2 Å². The molecule has 1 N–H and O–H groups in total. The Kier molecular flexibility index (Phi) is 5.54. The van der Waals surface area contributed by atoms with Crippen molar-refractivity contribution in [2.75, 3.05) is 27.6 Å². The highest BCUT2D eigenvalue weighted by Crippen LogP contribution is 2.35. The summed E-state index contributed by atoms with van der Waals surface area (Å²) >= 11 is 6.16. The van der Waals surface area contributed by atoms with Crippen molar-refractivity contribution >= 4 is 44.8 Å². The zero-order valence-corrected chi connectivity index (χ0v) is 19.6. The zero-order valence-electron chi connectivity index (χ0n) is 18.0. The fourth-order valence-corrected chi connectivity index (χ4v) is 5.71. The minimum Gasteiger partial charge on any atom is -0.359 e.